The molecule has 136 valence electrons. The summed E-state index contributed by atoms with van der Waals surface area (Å²) in [4.78, 5) is 2.43. The van der Waals surface area contributed by atoms with Crippen molar-refractivity contribution in [3.63, 3.8) is 0 Å². The Balaban J connectivity index is 1.72. The van der Waals surface area contributed by atoms with Crippen LogP contribution in [0.1, 0.15) is 25.5 Å². The van der Waals surface area contributed by atoms with Crippen LogP contribution >= 0.6 is 23.2 Å². The fraction of sp³-hybridized carbons (Fsp3) is 0.350. The molecule has 1 fully saturated rings. The molecule has 4 nitrogen and oxygen atoms in total. The van der Waals surface area contributed by atoms with Crippen molar-refractivity contribution in [1.29, 1.82) is 0 Å². The average Bonchev–Trinajstić information content (AvgIpc) is 3.04. The predicted molar refractivity (Wildman–Crippen MR) is 110 cm³/mol. The standard InChI is InChI=1S/C20H22Cl2N4/c1-13-12-25(8-7-23-13)17-5-3-15-11-24-26(20(15)10-17)14(2)18-6-4-16(21)9-19(18)22/h3-6,9-11,13-14,23H,7-8,12H2,1-2H3/t13-,14?/m1/s1. The Kier molecular flexibility index (Phi) is 4.82. The summed E-state index contributed by atoms with van der Waals surface area (Å²) in [5.74, 6) is 0. The molecule has 4 rings (SSSR count). The molecule has 1 N–H and O–H groups in total. The van der Waals surface area contributed by atoms with Crippen molar-refractivity contribution in [2.45, 2.75) is 25.9 Å². The summed E-state index contributed by atoms with van der Waals surface area (Å²) < 4.78 is 2.04. The van der Waals surface area contributed by atoms with Gasteiger partial charge in [-0.1, -0.05) is 29.3 Å². The maximum atomic E-state index is 6.42. The largest absolute Gasteiger partial charge is 0.369 e. The molecule has 0 amide bonds. The van der Waals surface area contributed by atoms with Gasteiger partial charge in [-0.15, -0.1) is 0 Å². The molecule has 1 unspecified atom stereocenters. The molecule has 2 heterocycles. The fourth-order valence-electron chi connectivity index (χ4n) is 3.67. The zero-order valence-corrected chi connectivity index (χ0v) is 16.4. The molecule has 0 spiro atoms. The third-order valence-corrected chi connectivity index (χ3v) is 5.66. The molecule has 3 aromatic rings. The molecule has 2 aromatic carbocycles. The van der Waals surface area contributed by atoms with Crippen molar-refractivity contribution in [2.24, 2.45) is 0 Å². The van der Waals surface area contributed by atoms with Gasteiger partial charge in [-0.2, -0.15) is 5.10 Å². The summed E-state index contributed by atoms with van der Waals surface area (Å²) in [5.41, 5.74) is 3.37. The Morgan fingerprint density at radius 1 is 1.19 bits per heavy atom. The van der Waals surface area contributed by atoms with Crippen LogP contribution in [0.3, 0.4) is 0 Å². The molecule has 26 heavy (non-hydrogen) atoms. The van der Waals surface area contributed by atoms with Gasteiger partial charge in [0, 0.05) is 46.8 Å². The van der Waals surface area contributed by atoms with E-state index in [2.05, 4.69) is 47.4 Å². The minimum atomic E-state index is 0.0227. The molecule has 2 atom stereocenters. The number of nitrogens with one attached hydrogen (secondary N) is 1. The van der Waals surface area contributed by atoms with Gasteiger partial charge in [0.25, 0.3) is 0 Å². The van der Waals surface area contributed by atoms with Crippen molar-refractivity contribution < 1.29 is 0 Å². The van der Waals surface area contributed by atoms with E-state index < -0.39 is 0 Å². The van der Waals surface area contributed by atoms with E-state index in [1.807, 2.05) is 23.0 Å². The second-order valence-electron chi connectivity index (χ2n) is 6.98. The quantitative estimate of drug-likeness (QED) is 0.702. The molecular formula is C20H22Cl2N4. The average molecular weight is 389 g/mol. The smallest absolute Gasteiger partial charge is 0.0761 e. The van der Waals surface area contributed by atoms with E-state index in [0.29, 0.717) is 16.1 Å². The second-order valence-corrected chi connectivity index (χ2v) is 7.82. The van der Waals surface area contributed by atoms with E-state index >= 15 is 0 Å². The summed E-state index contributed by atoms with van der Waals surface area (Å²) in [6, 6.07) is 12.7. The van der Waals surface area contributed by atoms with Crippen LogP contribution < -0.4 is 10.2 Å². The van der Waals surface area contributed by atoms with Crippen molar-refractivity contribution in [2.75, 3.05) is 24.5 Å². The van der Waals surface area contributed by atoms with Gasteiger partial charge in [0.05, 0.1) is 17.8 Å². The summed E-state index contributed by atoms with van der Waals surface area (Å²) in [6.07, 6.45) is 1.92. The molecule has 0 radical (unpaired) electrons. The minimum Gasteiger partial charge on any atom is -0.369 e. The maximum absolute atomic E-state index is 6.42. The lowest BCUT2D eigenvalue weighted by atomic mass is 10.1. The van der Waals surface area contributed by atoms with Crippen molar-refractivity contribution in [3.05, 3.63) is 58.2 Å². The second kappa shape index (κ2) is 7.10. The Morgan fingerprint density at radius 2 is 2.04 bits per heavy atom. The van der Waals surface area contributed by atoms with E-state index in [0.717, 1.165) is 36.1 Å². The first-order valence-corrected chi connectivity index (χ1v) is 9.69. The Bertz CT molecular complexity index is 937. The van der Waals surface area contributed by atoms with Crippen LogP contribution in [0.2, 0.25) is 10.0 Å². The predicted octanol–water partition coefficient (Wildman–Crippen LogP) is 4.75. The van der Waals surface area contributed by atoms with Gasteiger partial charge in [0.2, 0.25) is 0 Å². The van der Waals surface area contributed by atoms with Gasteiger partial charge < -0.3 is 10.2 Å². The summed E-state index contributed by atoms with van der Waals surface area (Å²) in [5, 5.41) is 10.6. The number of nitrogens with zero attached hydrogens (tertiary/aromatic N) is 3. The molecule has 1 saturated heterocycles. The number of piperazine rings is 1. The number of anilines is 1. The summed E-state index contributed by atoms with van der Waals surface area (Å²) >= 11 is 12.5. The normalized spacial score (nSPS) is 19.1. The number of benzene rings is 2. The lowest BCUT2D eigenvalue weighted by Crippen LogP contribution is -2.49. The Labute approximate surface area is 163 Å². The van der Waals surface area contributed by atoms with Crippen molar-refractivity contribution in [1.82, 2.24) is 15.1 Å². The molecule has 0 aliphatic carbocycles. The van der Waals surface area contributed by atoms with Crippen LogP contribution in [0, 0.1) is 0 Å². The molecule has 6 heteroatoms. The Morgan fingerprint density at radius 3 is 2.81 bits per heavy atom. The molecular weight excluding hydrogens is 367 g/mol. The van der Waals surface area contributed by atoms with E-state index in [1.54, 1.807) is 6.07 Å². The first-order chi connectivity index (χ1) is 12.5. The highest BCUT2D eigenvalue weighted by Gasteiger charge is 2.19. The van der Waals surface area contributed by atoms with E-state index in [-0.39, 0.29) is 6.04 Å². The molecule has 1 aliphatic heterocycles. The maximum Gasteiger partial charge on any atom is 0.0761 e. The molecule has 1 aromatic heterocycles. The van der Waals surface area contributed by atoms with Gasteiger partial charge in [-0.25, -0.2) is 0 Å². The first kappa shape index (κ1) is 17.7. The number of halogens is 2. The summed E-state index contributed by atoms with van der Waals surface area (Å²) in [7, 11) is 0. The highest BCUT2D eigenvalue weighted by molar-refractivity contribution is 6.35. The van der Waals surface area contributed by atoms with E-state index in [1.165, 1.54) is 5.69 Å². The van der Waals surface area contributed by atoms with Crippen molar-refractivity contribution in [3.8, 4) is 0 Å². The first-order valence-electron chi connectivity index (χ1n) is 8.93. The van der Waals surface area contributed by atoms with Crippen LogP contribution in [0.5, 0.6) is 0 Å². The SMILES string of the molecule is CC(c1ccc(Cl)cc1Cl)n1ncc2ccc(N3CCN[C@H](C)C3)cc21. The molecule has 0 saturated carbocycles. The van der Waals surface area contributed by atoms with Gasteiger partial charge in [-0.05, 0) is 49.7 Å². The number of rotatable bonds is 3. The van der Waals surface area contributed by atoms with Gasteiger partial charge in [0.15, 0.2) is 0 Å². The fourth-order valence-corrected chi connectivity index (χ4v) is 4.24. The molecule has 1 aliphatic rings. The van der Waals surface area contributed by atoms with Crippen LogP contribution in [0.4, 0.5) is 5.69 Å². The Hall–Kier alpha value is -1.75. The zero-order valence-electron chi connectivity index (χ0n) is 14.9. The third-order valence-electron chi connectivity index (χ3n) is 5.10. The van der Waals surface area contributed by atoms with E-state index in [4.69, 9.17) is 23.2 Å². The van der Waals surface area contributed by atoms with Crippen LogP contribution in [0.25, 0.3) is 10.9 Å². The number of hydrogen-bond acceptors (Lipinski definition) is 3. The monoisotopic (exact) mass is 388 g/mol. The lowest BCUT2D eigenvalue weighted by Gasteiger charge is -2.33. The molecule has 0 bridgehead atoms. The van der Waals surface area contributed by atoms with Gasteiger partial charge >= 0.3 is 0 Å². The minimum absolute atomic E-state index is 0.0227. The topological polar surface area (TPSA) is 33.1 Å². The highest BCUT2D eigenvalue weighted by atomic mass is 35.5. The highest BCUT2D eigenvalue weighted by Crippen LogP contribution is 2.31. The third kappa shape index (κ3) is 3.29. The van der Waals surface area contributed by atoms with E-state index in [9.17, 15) is 0 Å². The zero-order chi connectivity index (χ0) is 18.3. The number of fused-ring (bicyclic) bond motifs is 1. The van der Waals surface area contributed by atoms with Crippen LogP contribution in [-0.2, 0) is 0 Å². The van der Waals surface area contributed by atoms with Gasteiger partial charge in [0.1, 0.15) is 0 Å². The summed E-state index contributed by atoms with van der Waals surface area (Å²) in [6.45, 7) is 7.37. The number of aromatic nitrogens is 2. The van der Waals surface area contributed by atoms with Crippen LogP contribution in [-0.4, -0.2) is 35.5 Å². The van der Waals surface area contributed by atoms with Crippen molar-refractivity contribution >= 4 is 39.8 Å². The van der Waals surface area contributed by atoms with Gasteiger partial charge in [-0.3, -0.25) is 4.68 Å². The van der Waals surface area contributed by atoms with Crippen LogP contribution in [0.15, 0.2) is 42.6 Å². The number of hydrogen-bond donors (Lipinski definition) is 1. The lowest BCUT2D eigenvalue weighted by molar-refractivity contribution is 0.485.